The molecule has 0 bridgehead atoms. The van der Waals surface area contributed by atoms with Gasteiger partial charge in [0.05, 0.1) is 12.2 Å². The lowest BCUT2D eigenvalue weighted by molar-refractivity contribution is -0.138. The Morgan fingerprint density at radius 3 is 2.39 bits per heavy atom. The van der Waals surface area contributed by atoms with Crippen molar-refractivity contribution in [3.05, 3.63) is 29.8 Å². The number of nitrogens with two attached hydrogens (primary N) is 1. The Labute approximate surface area is 133 Å². The maximum absolute atomic E-state index is 12.4. The van der Waals surface area contributed by atoms with Crippen LogP contribution in [0.2, 0.25) is 0 Å². The number of hydrogen-bond acceptors (Lipinski definition) is 3. The van der Waals surface area contributed by atoms with Crippen LogP contribution >= 0.6 is 0 Å². The van der Waals surface area contributed by atoms with E-state index >= 15 is 0 Å². The van der Waals surface area contributed by atoms with Gasteiger partial charge in [0.15, 0.2) is 0 Å². The number of aliphatic carboxylic acids is 1. The van der Waals surface area contributed by atoms with E-state index in [0.29, 0.717) is 31.7 Å². The third kappa shape index (κ3) is 7.36. The van der Waals surface area contributed by atoms with Crippen molar-refractivity contribution in [2.45, 2.75) is 32.4 Å². The molecule has 0 saturated heterocycles. The second-order valence-electron chi connectivity index (χ2n) is 5.70. The fraction of sp³-hybridized carbons (Fsp3) is 0.562. The normalized spacial score (nSPS) is 14.3. The molecule has 1 aromatic carbocycles. The first-order chi connectivity index (χ1) is 10.7. The van der Waals surface area contributed by atoms with Crippen molar-refractivity contribution in [3.8, 4) is 5.75 Å². The van der Waals surface area contributed by atoms with Gasteiger partial charge in [-0.3, -0.25) is 4.79 Å². The summed E-state index contributed by atoms with van der Waals surface area (Å²) >= 11 is 0. The fourth-order valence-corrected chi connectivity index (χ4v) is 2.31. The molecule has 0 aliphatic rings. The van der Waals surface area contributed by atoms with Crippen LogP contribution in [-0.4, -0.2) is 24.2 Å². The van der Waals surface area contributed by atoms with Gasteiger partial charge in [0.25, 0.3) is 0 Å². The SMILES string of the molecule is C[C@H](CCOc1ccc(C(F)(F)F)cc1)C[C@H](CN)CC(=O)O. The molecule has 1 aromatic rings. The number of carbonyl (C=O) groups is 1. The topological polar surface area (TPSA) is 72.5 Å². The third-order valence-electron chi connectivity index (χ3n) is 3.59. The van der Waals surface area contributed by atoms with Gasteiger partial charge in [-0.15, -0.1) is 0 Å². The van der Waals surface area contributed by atoms with Crippen molar-refractivity contribution in [2.75, 3.05) is 13.2 Å². The minimum Gasteiger partial charge on any atom is -0.494 e. The number of carboxylic acid groups (broad SMARTS) is 1. The lowest BCUT2D eigenvalue weighted by Crippen LogP contribution is -2.21. The van der Waals surface area contributed by atoms with Gasteiger partial charge in [0, 0.05) is 6.42 Å². The molecule has 23 heavy (non-hydrogen) atoms. The summed E-state index contributed by atoms with van der Waals surface area (Å²) in [6.07, 6.45) is -2.95. The molecule has 4 nitrogen and oxygen atoms in total. The van der Waals surface area contributed by atoms with Gasteiger partial charge in [-0.1, -0.05) is 6.92 Å². The van der Waals surface area contributed by atoms with Crippen LogP contribution in [0.4, 0.5) is 13.2 Å². The number of alkyl halides is 3. The van der Waals surface area contributed by atoms with Crippen LogP contribution in [0.25, 0.3) is 0 Å². The van der Waals surface area contributed by atoms with Gasteiger partial charge in [0.2, 0.25) is 0 Å². The molecule has 0 spiro atoms. The second-order valence-corrected chi connectivity index (χ2v) is 5.70. The van der Waals surface area contributed by atoms with E-state index in [9.17, 15) is 18.0 Å². The van der Waals surface area contributed by atoms with Gasteiger partial charge in [-0.2, -0.15) is 13.2 Å². The fourth-order valence-electron chi connectivity index (χ4n) is 2.31. The highest BCUT2D eigenvalue weighted by Crippen LogP contribution is 2.30. The molecule has 0 aliphatic heterocycles. The van der Waals surface area contributed by atoms with Crippen molar-refractivity contribution in [3.63, 3.8) is 0 Å². The molecule has 0 saturated carbocycles. The lowest BCUT2D eigenvalue weighted by Gasteiger charge is -2.18. The zero-order chi connectivity index (χ0) is 17.5. The average Bonchev–Trinajstić information content (AvgIpc) is 2.45. The Kier molecular flexibility index (Phi) is 7.35. The number of ether oxygens (including phenoxy) is 1. The van der Waals surface area contributed by atoms with E-state index in [1.54, 1.807) is 0 Å². The van der Waals surface area contributed by atoms with E-state index in [2.05, 4.69) is 0 Å². The Bertz CT molecular complexity index is 488. The third-order valence-corrected chi connectivity index (χ3v) is 3.59. The zero-order valence-electron chi connectivity index (χ0n) is 13.0. The highest BCUT2D eigenvalue weighted by atomic mass is 19.4. The van der Waals surface area contributed by atoms with E-state index in [-0.39, 0.29) is 18.3 Å². The lowest BCUT2D eigenvalue weighted by atomic mass is 9.91. The van der Waals surface area contributed by atoms with Gasteiger partial charge >= 0.3 is 12.1 Å². The van der Waals surface area contributed by atoms with Gasteiger partial charge in [-0.25, -0.2) is 0 Å². The monoisotopic (exact) mass is 333 g/mol. The van der Waals surface area contributed by atoms with E-state index in [1.165, 1.54) is 12.1 Å². The Morgan fingerprint density at radius 1 is 1.30 bits per heavy atom. The molecule has 0 radical (unpaired) electrons. The van der Waals surface area contributed by atoms with Crippen molar-refractivity contribution in [2.24, 2.45) is 17.6 Å². The van der Waals surface area contributed by atoms with Gasteiger partial charge in [0.1, 0.15) is 5.75 Å². The summed E-state index contributed by atoms with van der Waals surface area (Å²) in [5.74, 6) is -0.342. The maximum Gasteiger partial charge on any atom is 0.416 e. The van der Waals surface area contributed by atoms with Gasteiger partial charge in [-0.05, 0) is 55.5 Å². The van der Waals surface area contributed by atoms with Crippen LogP contribution in [0.3, 0.4) is 0 Å². The summed E-state index contributed by atoms with van der Waals surface area (Å²) < 4.78 is 42.7. The molecule has 0 aromatic heterocycles. The Morgan fingerprint density at radius 2 is 1.91 bits per heavy atom. The van der Waals surface area contributed by atoms with Crippen molar-refractivity contribution in [1.29, 1.82) is 0 Å². The molecule has 0 heterocycles. The predicted molar refractivity (Wildman–Crippen MR) is 80.1 cm³/mol. The molecule has 130 valence electrons. The Balaban J connectivity index is 2.37. The van der Waals surface area contributed by atoms with Crippen LogP contribution in [0.5, 0.6) is 5.75 Å². The highest BCUT2D eigenvalue weighted by Gasteiger charge is 2.30. The molecule has 0 fully saturated rings. The molecule has 3 N–H and O–H groups in total. The van der Waals surface area contributed by atoms with Gasteiger partial charge < -0.3 is 15.6 Å². The molecule has 0 amide bonds. The molecular formula is C16H22F3NO3. The molecule has 7 heteroatoms. The average molecular weight is 333 g/mol. The summed E-state index contributed by atoms with van der Waals surface area (Å²) in [4.78, 5) is 10.7. The van der Waals surface area contributed by atoms with E-state index in [1.807, 2.05) is 6.92 Å². The van der Waals surface area contributed by atoms with Crippen molar-refractivity contribution >= 4 is 5.97 Å². The largest absolute Gasteiger partial charge is 0.494 e. The first-order valence-corrected chi connectivity index (χ1v) is 7.44. The predicted octanol–water partition coefficient (Wildman–Crippen LogP) is 3.55. The smallest absolute Gasteiger partial charge is 0.416 e. The van der Waals surface area contributed by atoms with Crippen LogP contribution in [0, 0.1) is 11.8 Å². The van der Waals surface area contributed by atoms with Crippen LogP contribution < -0.4 is 10.5 Å². The van der Waals surface area contributed by atoms with Crippen LogP contribution in [-0.2, 0) is 11.0 Å². The minimum atomic E-state index is -4.35. The molecule has 0 aliphatic carbocycles. The highest BCUT2D eigenvalue weighted by molar-refractivity contribution is 5.67. The molecule has 0 unspecified atom stereocenters. The van der Waals surface area contributed by atoms with E-state index in [4.69, 9.17) is 15.6 Å². The van der Waals surface area contributed by atoms with Crippen molar-refractivity contribution < 1.29 is 27.8 Å². The minimum absolute atomic E-state index is 0.0423. The number of carboxylic acids is 1. The first-order valence-electron chi connectivity index (χ1n) is 7.44. The van der Waals surface area contributed by atoms with Crippen LogP contribution in [0.15, 0.2) is 24.3 Å². The quantitative estimate of drug-likeness (QED) is 0.725. The Hall–Kier alpha value is -1.76. The summed E-state index contributed by atoms with van der Waals surface area (Å²) in [5.41, 5.74) is 4.84. The van der Waals surface area contributed by atoms with Crippen molar-refractivity contribution in [1.82, 2.24) is 0 Å². The number of rotatable bonds is 9. The number of hydrogen-bond donors (Lipinski definition) is 2. The second kappa shape index (κ2) is 8.76. The van der Waals surface area contributed by atoms with Crippen LogP contribution in [0.1, 0.15) is 31.7 Å². The first kappa shape index (κ1) is 19.3. The summed E-state index contributed by atoms with van der Waals surface area (Å²) in [6, 6.07) is 4.55. The molecule has 1 rings (SSSR count). The standard InChI is InChI=1S/C16H22F3NO3/c1-11(8-12(10-20)9-15(21)22)6-7-23-14-4-2-13(3-5-14)16(17,18)19/h2-5,11-12H,6-10,20H2,1H3,(H,21,22)/t11-,12+/m1/s1. The molecule has 2 atom stereocenters. The molecular weight excluding hydrogens is 311 g/mol. The summed E-state index contributed by atoms with van der Waals surface area (Å²) in [5, 5.41) is 8.77. The summed E-state index contributed by atoms with van der Waals surface area (Å²) in [6.45, 7) is 2.65. The number of halogens is 3. The zero-order valence-corrected chi connectivity index (χ0v) is 13.0. The number of benzene rings is 1. The van der Waals surface area contributed by atoms with E-state index < -0.39 is 17.7 Å². The maximum atomic E-state index is 12.4. The summed E-state index contributed by atoms with van der Waals surface area (Å²) in [7, 11) is 0. The van der Waals surface area contributed by atoms with E-state index in [0.717, 1.165) is 12.1 Å².